The van der Waals surface area contributed by atoms with Gasteiger partial charge in [-0.15, -0.1) is 0 Å². The summed E-state index contributed by atoms with van der Waals surface area (Å²) in [5, 5.41) is 0.498. The smallest absolute Gasteiger partial charge is 0.261 e. The fourth-order valence-electron chi connectivity index (χ4n) is 2.76. The van der Waals surface area contributed by atoms with Gasteiger partial charge in [0.15, 0.2) is 0 Å². The highest BCUT2D eigenvalue weighted by molar-refractivity contribution is 7.92. The second-order valence-corrected chi connectivity index (χ2v) is 7.98. The van der Waals surface area contributed by atoms with Crippen LogP contribution in [0, 0.1) is 0 Å². The molecule has 1 aromatic carbocycles. The van der Waals surface area contributed by atoms with E-state index in [9.17, 15) is 8.42 Å². The lowest BCUT2D eigenvalue weighted by molar-refractivity contribution is 0.601. The van der Waals surface area contributed by atoms with Crippen molar-refractivity contribution >= 4 is 33.1 Å². The number of hydrogen-bond donors (Lipinski definition) is 1. The quantitative estimate of drug-likeness (QED) is 0.892. The van der Waals surface area contributed by atoms with E-state index in [0.29, 0.717) is 10.7 Å². The second kappa shape index (κ2) is 7.40. The fourth-order valence-corrected chi connectivity index (χ4v) is 3.93. The van der Waals surface area contributed by atoms with Crippen molar-refractivity contribution in [3.63, 3.8) is 0 Å². The highest BCUT2D eigenvalue weighted by atomic mass is 35.5. The lowest BCUT2D eigenvalue weighted by Crippen LogP contribution is -2.24. The Morgan fingerprint density at radius 3 is 2.21 bits per heavy atom. The minimum atomic E-state index is -3.64. The lowest BCUT2D eigenvalue weighted by Gasteiger charge is -2.21. The van der Waals surface area contributed by atoms with E-state index in [1.807, 2.05) is 6.07 Å². The van der Waals surface area contributed by atoms with Crippen LogP contribution in [0.15, 0.2) is 47.5 Å². The Bertz CT molecular complexity index is 768. The molecule has 0 radical (unpaired) electrons. The molecule has 5 nitrogen and oxygen atoms in total. The van der Waals surface area contributed by atoms with Crippen molar-refractivity contribution < 1.29 is 8.42 Å². The monoisotopic (exact) mass is 365 g/mol. The third kappa shape index (κ3) is 4.19. The molecule has 0 spiro atoms. The van der Waals surface area contributed by atoms with Gasteiger partial charge in [-0.2, -0.15) is 0 Å². The van der Waals surface area contributed by atoms with Gasteiger partial charge in [-0.3, -0.25) is 4.72 Å². The molecule has 2 aromatic rings. The van der Waals surface area contributed by atoms with Gasteiger partial charge in [0.05, 0.1) is 16.8 Å². The van der Waals surface area contributed by atoms with E-state index in [1.165, 1.54) is 37.8 Å². The number of nitrogens with one attached hydrogen (secondary N) is 1. The zero-order valence-electron chi connectivity index (χ0n) is 13.3. The molecule has 7 heteroatoms. The van der Waals surface area contributed by atoms with Crippen LogP contribution in [0.3, 0.4) is 0 Å². The number of pyridine rings is 1. The summed E-state index contributed by atoms with van der Waals surface area (Å²) in [4.78, 5) is 6.84. The summed E-state index contributed by atoms with van der Waals surface area (Å²) in [7, 11) is -3.64. The molecular formula is C17H20ClN3O2S. The Hall–Kier alpha value is -1.79. The zero-order valence-corrected chi connectivity index (χ0v) is 14.9. The summed E-state index contributed by atoms with van der Waals surface area (Å²) in [5.74, 6) is 0.895. The maximum atomic E-state index is 12.4. The van der Waals surface area contributed by atoms with E-state index in [4.69, 9.17) is 11.6 Å². The molecule has 0 saturated carbocycles. The topological polar surface area (TPSA) is 62.3 Å². The van der Waals surface area contributed by atoms with Crippen LogP contribution in [0.1, 0.15) is 25.7 Å². The molecule has 3 rings (SSSR count). The van der Waals surface area contributed by atoms with Gasteiger partial charge in [0.1, 0.15) is 5.82 Å². The van der Waals surface area contributed by atoms with Crippen molar-refractivity contribution in [3.05, 3.63) is 47.6 Å². The van der Waals surface area contributed by atoms with Crippen LogP contribution in [0.2, 0.25) is 5.02 Å². The third-order valence-corrected chi connectivity index (χ3v) is 5.70. The van der Waals surface area contributed by atoms with Crippen LogP contribution >= 0.6 is 11.6 Å². The van der Waals surface area contributed by atoms with Crippen molar-refractivity contribution in [1.82, 2.24) is 4.98 Å². The maximum Gasteiger partial charge on any atom is 0.261 e. The van der Waals surface area contributed by atoms with E-state index in [2.05, 4.69) is 14.6 Å². The van der Waals surface area contributed by atoms with E-state index in [-0.39, 0.29) is 4.90 Å². The summed E-state index contributed by atoms with van der Waals surface area (Å²) < 4.78 is 27.2. The zero-order chi connectivity index (χ0) is 17.0. The molecule has 2 heterocycles. The normalized spacial score (nSPS) is 15.8. The molecule has 24 heavy (non-hydrogen) atoms. The molecule has 1 aliphatic heterocycles. The molecule has 1 N–H and O–H groups in total. The summed E-state index contributed by atoms with van der Waals surface area (Å²) >= 11 is 5.79. The van der Waals surface area contributed by atoms with E-state index in [0.717, 1.165) is 18.9 Å². The summed E-state index contributed by atoms with van der Waals surface area (Å²) in [6.07, 6.45) is 6.43. The third-order valence-electron chi connectivity index (χ3n) is 4.05. The van der Waals surface area contributed by atoms with Gasteiger partial charge in [-0.25, -0.2) is 13.4 Å². The van der Waals surface area contributed by atoms with Crippen LogP contribution in [0.5, 0.6) is 0 Å². The molecular weight excluding hydrogens is 346 g/mol. The largest absolute Gasteiger partial charge is 0.357 e. The predicted octanol–water partition coefficient (Wildman–Crippen LogP) is 3.92. The maximum absolute atomic E-state index is 12.4. The molecule has 1 aromatic heterocycles. The number of anilines is 2. The molecule has 1 saturated heterocycles. The number of aromatic nitrogens is 1. The number of sulfonamides is 1. The SMILES string of the molecule is O=S(=O)(Nc1ccc(N2CCCCCC2)nc1)c1ccc(Cl)cc1. The highest BCUT2D eigenvalue weighted by Crippen LogP contribution is 2.21. The van der Waals surface area contributed by atoms with Gasteiger partial charge in [0.25, 0.3) is 10.0 Å². The van der Waals surface area contributed by atoms with Crippen molar-refractivity contribution in [2.24, 2.45) is 0 Å². The van der Waals surface area contributed by atoms with E-state index >= 15 is 0 Å². The van der Waals surface area contributed by atoms with Gasteiger partial charge in [-0.1, -0.05) is 24.4 Å². The number of hydrogen-bond acceptors (Lipinski definition) is 4. The predicted molar refractivity (Wildman–Crippen MR) is 97.2 cm³/mol. The summed E-state index contributed by atoms with van der Waals surface area (Å²) in [5.41, 5.74) is 0.448. The molecule has 0 aliphatic carbocycles. The average molecular weight is 366 g/mol. The molecule has 0 amide bonds. The Morgan fingerprint density at radius 2 is 1.62 bits per heavy atom. The summed E-state index contributed by atoms with van der Waals surface area (Å²) in [6, 6.07) is 9.67. The number of halogens is 1. The van der Waals surface area contributed by atoms with Gasteiger partial charge in [-0.05, 0) is 49.2 Å². The van der Waals surface area contributed by atoms with Crippen LogP contribution in [0.4, 0.5) is 11.5 Å². The van der Waals surface area contributed by atoms with Crippen molar-refractivity contribution in [1.29, 1.82) is 0 Å². The Morgan fingerprint density at radius 1 is 0.958 bits per heavy atom. The van der Waals surface area contributed by atoms with Gasteiger partial charge < -0.3 is 4.90 Å². The molecule has 0 atom stereocenters. The summed E-state index contributed by atoms with van der Waals surface area (Å²) in [6.45, 7) is 2.01. The van der Waals surface area contributed by atoms with Crippen LogP contribution < -0.4 is 9.62 Å². The van der Waals surface area contributed by atoms with Crippen LogP contribution in [0.25, 0.3) is 0 Å². The Labute approximate surface area is 147 Å². The number of benzene rings is 1. The first-order chi connectivity index (χ1) is 11.5. The Kier molecular flexibility index (Phi) is 5.26. The average Bonchev–Trinajstić information content (AvgIpc) is 2.85. The number of nitrogens with zero attached hydrogens (tertiary/aromatic N) is 2. The van der Waals surface area contributed by atoms with Crippen molar-refractivity contribution in [2.75, 3.05) is 22.7 Å². The Balaban J connectivity index is 1.72. The van der Waals surface area contributed by atoms with Crippen molar-refractivity contribution in [2.45, 2.75) is 30.6 Å². The molecule has 0 unspecified atom stereocenters. The van der Waals surface area contributed by atoms with E-state index < -0.39 is 10.0 Å². The standard InChI is InChI=1S/C17H20ClN3O2S/c18-14-5-8-16(9-6-14)24(22,23)20-15-7-10-17(19-13-15)21-11-3-1-2-4-12-21/h5-10,13,20H,1-4,11-12H2. The van der Waals surface area contributed by atoms with Crippen molar-refractivity contribution in [3.8, 4) is 0 Å². The minimum absolute atomic E-state index is 0.170. The lowest BCUT2D eigenvalue weighted by atomic mass is 10.2. The fraction of sp³-hybridized carbons (Fsp3) is 0.353. The first-order valence-electron chi connectivity index (χ1n) is 8.04. The van der Waals surface area contributed by atoms with Crippen LogP contribution in [-0.2, 0) is 10.0 Å². The van der Waals surface area contributed by atoms with Gasteiger partial charge in [0, 0.05) is 18.1 Å². The highest BCUT2D eigenvalue weighted by Gasteiger charge is 2.15. The van der Waals surface area contributed by atoms with Gasteiger partial charge >= 0.3 is 0 Å². The van der Waals surface area contributed by atoms with Crippen LogP contribution in [-0.4, -0.2) is 26.5 Å². The minimum Gasteiger partial charge on any atom is -0.357 e. The first-order valence-corrected chi connectivity index (χ1v) is 9.90. The van der Waals surface area contributed by atoms with E-state index in [1.54, 1.807) is 24.4 Å². The molecule has 128 valence electrons. The second-order valence-electron chi connectivity index (χ2n) is 5.87. The van der Waals surface area contributed by atoms with Gasteiger partial charge in [0.2, 0.25) is 0 Å². The molecule has 0 bridgehead atoms. The molecule has 1 fully saturated rings. The molecule has 1 aliphatic rings. The number of rotatable bonds is 4. The first kappa shape index (κ1) is 17.0.